The Hall–Kier alpha value is -2.85. The lowest BCUT2D eigenvalue weighted by atomic mass is 10.1. The Bertz CT molecular complexity index is 960. The van der Waals surface area contributed by atoms with Crippen LogP contribution in [0.4, 0.5) is 0 Å². The molecular weight excluding hydrogens is 360 g/mol. The van der Waals surface area contributed by atoms with Crippen LogP contribution in [-0.4, -0.2) is 48.5 Å². The highest BCUT2D eigenvalue weighted by atomic mass is 16.5. The summed E-state index contributed by atoms with van der Waals surface area (Å²) < 4.78 is 5.77. The number of nitrogens with zero attached hydrogens (tertiary/aromatic N) is 2. The molecule has 1 amide bonds. The quantitative estimate of drug-likeness (QED) is 0.637. The minimum atomic E-state index is 0.0603. The van der Waals surface area contributed by atoms with Gasteiger partial charge in [-0.2, -0.15) is 0 Å². The number of amides is 1. The fourth-order valence-electron chi connectivity index (χ4n) is 3.79. The number of benzene rings is 3. The zero-order valence-electron chi connectivity index (χ0n) is 17.0. The molecule has 0 N–H and O–H groups in total. The van der Waals surface area contributed by atoms with Gasteiger partial charge in [0.05, 0.1) is 0 Å². The molecule has 150 valence electrons. The molecule has 29 heavy (non-hydrogen) atoms. The second kappa shape index (κ2) is 9.10. The molecule has 0 aromatic heterocycles. The first-order chi connectivity index (χ1) is 14.2. The number of ether oxygens (including phenoxy) is 1. The Morgan fingerprint density at radius 2 is 1.55 bits per heavy atom. The van der Waals surface area contributed by atoms with Crippen molar-refractivity contribution >= 4 is 16.7 Å². The van der Waals surface area contributed by atoms with Gasteiger partial charge in [-0.05, 0) is 40.5 Å². The molecule has 0 unspecified atom stereocenters. The third-order valence-corrected chi connectivity index (χ3v) is 5.65. The Labute approximate surface area is 172 Å². The molecule has 0 aliphatic carbocycles. The lowest BCUT2D eigenvalue weighted by Crippen LogP contribution is -2.49. The summed E-state index contributed by atoms with van der Waals surface area (Å²) in [5.41, 5.74) is 2.71. The molecule has 4 nitrogen and oxygen atoms in total. The summed E-state index contributed by atoms with van der Waals surface area (Å²) in [6, 6.07) is 22.9. The van der Waals surface area contributed by atoms with Crippen molar-refractivity contribution in [2.45, 2.75) is 19.9 Å². The molecule has 1 saturated heterocycles. The van der Waals surface area contributed by atoms with Crippen molar-refractivity contribution in [1.82, 2.24) is 9.80 Å². The van der Waals surface area contributed by atoms with Crippen LogP contribution in [-0.2, 0) is 17.8 Å². The van der Waals surface area contributed by atoms with E-state index in [-0.39, 0.29) is 12.5 Å². The van der Waals surface area contributed by atoms with Crippen molar-refractivity contribution in [3.05, 3.63) is 77.9 Å². The molecule has 1 aliphatic heterocycles. The predicted octanol–water partition coefficient (Wildman–Crippen LogP) is 4.13. The second-order valence-electron chi connectivity index (χ2n) is 7.62. The summed E-state index contributed by atoms with van der Waals surface area (Å²) in [4.78, 5) is 16.9. The molecule has 1 heterocycles. The normalized spacial score (nSPS) is 14.9. The maximum absolute atomic E-state index is 12.6. The van der Waals surface area contributed by atoms with Crippen LogP contribution in [0.15, 0.2) is 66.7 Å². The van der Waals surface area contributed by atoms with Gasteiger partial charge < -0.3 is 9.64 Å². The summed E-state index contributed by atoms with van der Waals surface area (Å²) in [6.07, 6.45) is 1.07. The molecular formula is C25H28N2O2. The Balaban J connectivity index is 1.25. The lowest BCUT2D eigenvalue weighted by molar-refractivity contribution is -0.135. The number of piperazine rings is 1. The number of hydrogen-bond donors (Lipinski definition) is 0. The van der Waals surface area contributed by atoms with Gasteiger partial charge in [-0.15, -0.1) is 0 Å². The number of rotatable bonds is 6. The van der Waals surface area contributed by atoms with E-state index >= 15 is 0 Å². The van der Waals surface area contributed by atoms with Crippen molar-refractivity contribution < 1.29 is 9.53 Å². The molecule has 0 bridgehead atoms. The van der Waals surface area contributed by atoms with Crippen molar-refractivity contribution in [2.24, 2.45) is 0 Å². The molecule has 0 atom stereocenters. The minimum Gasteiger partial charge on any atom is -0.484 e. The Morgan fingerprint density at radius 3 is 2.28 bits per heavy atom. The highest BCUT2D eigenvalue weighted by molar-refractivity contribution is 5.84. The smallest absolute Gasteiger partial charge is 0.260 e. The van der Waals surface area contributed by atoms with Crippen LogP contribution in [0.2, 0.25) is 0 Å². The van der Waals surface area contributed by atoms with Crippen LogP contribution in [0.1, 0.15) is 18.1 Å². The summed E-state index contributed by atoms with van der Waals surface area (Å²) in [6.45, 7) is 6.53. The van der Waals surface area contributed by atoms with Gasteiger partial charge in [-0.25, -0.2) is 0 Å². The molecule has 3 aromatic carbocycles. The van der Waals surface area contributed by atoms with Crippen LogP contribution in [0.25, 0.3) is 10.8 Å². The molecule has 3 aromatic rings. The zero-order chi connectivity index (χ0) is 20.1. The Morgan fingerprint density at radius 1 is 0.862 bits per heavy atom. The average Bonchev–Trinajstić information content (AvgIpc) is 2.78. The van der Waals surface area contributed by atoms with Gasteiger partial charge in [0.1, 0.15) is 5.75 Å². The molecule has 0 radical (unpaired) electrons. The van der Waals surface area contributed by atoms with Crippen LogP contribution in [0, 0.1) is 0 Å². The maximum atomic E-state index is 12.6. The summed E-state index contributed by atoms with van der Waals surface area (Å²) in [5.74, 6) is 0.802. The van der Waals surface area contributed by atoms with Crippen molar-refractivity contribution in [1.29, 1.82) is 0 Å². The van der Waals surface area contributed by atoms with E-state index in [0.717, 1.165) is 50.3 Å². The SMILES string of the molecule is CCc1ccc(CN2CCN(C(=O)COc3ccc4ccccc4c3)CC2)cc1. The molecule has 1 aliphatic rings. The molecule has 0 spiro atoms. The van der Waals surface area contributed by atoms with Crippen molar-refractivity contribution in [2.75, 3.05) is 32.8 Å². The summed E-state index contributed by atoms with van der Waals surface area (Å²) >= 11 is 0. The maximum Gasteiger partial charge on any atom is 0.260 e. The highest BCUT2D eigenvalue weighted by Crippen LogP contribution is 2.20. The van der Waals surface area contributed by atoms with Gasteiger partial charge in [-0.1, -0.05) is 61.5 Å². The standard InChI is InChI=1S/C25H28N2O2/c1-2-20-7-9-21(10-8-20)18-26-13-15-27(16-14-26)25(28)19-29-24-12-11-22-5-3-4-6-23(22)17-24/h3-12,17H,2,13-16,18-19H2,1H3. The zero-order valence-corrected chi connectivity index (χ0v) is 17.0. The largest absolute Gasteiger partial charge is 0.484 e. The van der Waals surface area contributed by atoms with Gasteiger partial charge in [0.15, 0.2) is 6.61 Å². The number of aryl methyl sites for hydroxylation is 1. The molecule has 1 fully saturated rings. The predicted molar refractivity (Wildman–Crippen MR) is 117 cm³/mol. The van der Waals surface area contributed by atoms with E-state index in [9.17, 15) is 4.79 Å². The van der Waals surface area contributed by atoms with Crippen molar-refractivity contribution in [3.8, 4) is 5.75 Å². The van der Waals surface area contributed by atoms with E-state index in [1.54, 1.807) is 0 Å². The highest BCUT2D eigenvalue weighted by Gasteiger charge is 2.21. The van der Waals surface area contributed by atoms with Crippen LogP contribution in [0.5, 0.6) is 5.75 Å². The lowest BCUT2D eigenvalue weighted by Gasteiger charge is -2.34. The first kappa shape index (κ1) is 19.5. The fourth-order valence-corrected chi connectivity index (χ4v) is 3.79. The average molecular weight is 389 g/mol. The Kier molecular flexibility index (Phi) is 6.11. The number of hydrogen-bond acceptors (Lipinski definition) is 3. The van der Waals surface area contributed by atoms with Gasteiger partial charge in [0.25, 0.3) is 5.91 Å². The molecule has 0 saturated carbocycles. The van der Waals surface area contributed by atoms with Gasteiger partial charge in [-0.3, -0.25) is 9.69 Å². The van der Waals surface area contributed by atoms with E-state index in [4.69, 9.17) is 4.74 Å². The van der Waals surface area contributed by atoms with Crippen LogP contribution in [0.3, 0.4) is 0 Å². The van der Waals surface area contributed by atoms with Gasteiger partial charge >= 0.3 is 0 Å². The van der Waals surface area contributed by atoms with E-state index in [2.05, 4.69) is 48.2 Å². The van der Waals surface area contributed by atoms with E-state index in [1.165, 1.54) is 16.5 Å². The topological polar surface area (TPSA) is 32.8 Å². The van der Waals surface area contributed by atoms with Crippen LogP contribution < -0.4 is 4.74 Å². The van der Waals surface area contributed by atoms with Gasteiger partial charge in [0.2, 0.25) is 0 Å². The third kappa shape index (κ3) is 4.96. The molecule has 4 rings (SSSR count). The fraction of sp³-hybridized carbons (Fsp3) is 0.320. The number of carbonyl (C=O) groups is 1. The van der Waals surface area contributed by atoms with Gasteiger partial charge in [0, 0.05) is 32.7 Å². The van der Waals surface area contributed by atoms with Crippen LogP contribution >= 0.6 is 0 Å². The van der Waals surface area contributed by atoms with Crippen molar-refractivity contribution in [3.63, 3.8) is 0 Å². The minimum absolute atomic E-state index is 0.0603. The van der Waals surface area contributed by atoms with E-state index in [0.29, 0.717) is 0 Å². The number of fused-ring (bicyclic) bond motifs is 1. The summed E-state index contributed by atoms with van der Waals surface area (Å²) in [7, 11) is 0. The first-order valence-corrected chi connectivity index (χ1v) is 10.4. The van der Waals surface area contributed by atoms with E-state index < -0.39 is 0 Å². The monoisotopic (exact) mass is 388 g/mol. The second-order valence-corrected chi connectivity index (χ2v) is 7.62. The third-order valence-electron chi connectivity index (χ3n) is 5.65. The summed E-state index contributed by atoms with van der Waals surface area (Å²) in [5, 5.41) is 2.30. The van der Waals surface area contributed by atoms with E-state index in [1.807, 2.05) is 35.2 Å². The number of carbonyl (C=O) groups excluding carboxylic acids is 1. The molecule has 4 heteroatoms. The first-order valence-electron chi connectivity index (χ1n) is 10.4.